The van der Waals surface area contributed by atoms with Gasteiger partial charge in [-0.25, -0.2) is 9.07 Å². The number of aryl methyl sites for hydroxylation is 1. The summed E-state index contributed by atoms with van der Waals surface area (Å²) in [4.78, 5) is 0. The van der Waals surface area contributed by atoms with Crippen molar-refractivity contribution >= 4 is 22.6 Å². The second-order valence-electron chi connectivity index (χ2n) is 3.00. The van der Waals surface area contributed by atoms with E-state index in [1.807, 2.05) is 13.0 Å². The fourth-order valence-corrected chi connectivity index (χ4v) is 2.07. The van der Waals surface area contributed by atoms with Crippen molar-refractivity contribution in [3.05, 3.63) is 45.5 Å². The highest BCUT2D eigenvalue weighted by molar-refractivity contribution is 14.1. The Morgan fingerprint density at radius 1 is 1.29 bits per heavy atom. The molecule has 0 radical (unpaired) electrons. The van der Waals surface area contributed by atoms with E-state index in [-0.39, 0.29) is 5.82 Å². The molecule has 0 unspecified atom stereocenters. The Balaban J connectivity index is 2.49. The molecule has 72 valence electrons. The van der Waals surface area contributed by atoms with Crippen LogP contribution in [0.25, 0.3) is 5.69 Å². The highest BCUT2D eigenvalue weighted by Gasteiger charge is 2.03. The summed E-state index contributed by atoms with van der Waals surface area (Å²) in [6, 6.07) is 8.27. The SMILES string of the molecule is Cc1cc(I)n(-c2ccc(F)cc2)n1. The van der Waals surface area contributed by atoms with Gasteiger partial charge < -0.3 is 0 Å². The Bertz CT molecular complexity index is 448. The zero-order valence-electron chi connectivity index (χ0n) is 7.54. The molecule has 2 rings (SSSR count). The minimum absolute atomic E-state index is 0.229. The van der Waals surface area contributed by atoms with Crippen LogP contribution >= 0.6 is 22.6 Å². The largest absolute Gasteiger partial charge is 0.227 e. The topological polar surface area (TPSA) is 17.8 Å². The van der Waals surface area contributed by atoms with E-state index in [2.05, 4.69) is 27.7 Å². The van der Waals surface area contributed by atoms with Crippen LogP contribution in [0.3, 0.4) is 0 Å². The molecule has 4 heteroatoms. The van der Waals surface area contributed by atoms with Gasteiger partial charge in [0.15, 0.2) is 0 Å². The summed E-state index contributed by atoms with van der Waals surface area (Å²) in [5.74, 6) is -0.229. The van der Waals surface area contributed by atoms with Crippen molar-refractivity contribution in [2.45, 2.75) is 6.92 Å². The van der Waals surface area contributed by atoms with E-state index in [4.69, 9.17) is 0 Å². The fraction of sp³-hybridized carbons (Fsp3) is 0.100. The lowest BCUT2D eigenvalue weighted by molar-refractivity contribution is 0.627. The van der Waals surface area contributed by atoms with Crippen LogP contribution in [0.15, 0.2) is 30.3 Å². The van der Waals surface area contributed by atoms with Crippen LogP contribution in [-0.2, 0) is 0 Å². The Morgan fingerprint density at radius 3 is 2.43 bits per heavy atom. The highest BCUT2D eigenvalue weighted by atomic mass is 127. The number of hydrogen-bond acceptors (Lipinski definition) is 1. The molecule has 0 fully saturated rings. The second-order valence-corrected chi connectivity index (χ2v) is 4.10. The smallest absolute Gasteiger partial charge is 0.123 e. The van der Waals surface area contributed by atoms with Crippen LogP contribution in [-0.4, -0.2) is 9.78 Å². The molecule has 0 aliphatic heterocycles. The summed E-state index contributed by atoms with van der Waals surface area (Å²) in [6.07, 6.45) is 0. The van der Waals surface area contributed by atoms with Crippen LogP contribution in [0.1, 0.15) is 5.69 Å². The number of nitrogens with zero attached hydrogens (tertiary/aromatic N) is 2. The van der Waals surface area contributed by atoms with E-state index in [0.29, 0.717) is 0 Å². The van der Waals surface area contributed by atoms with Gasteiger partial charge in [0, 0.05) is 0 Å². The van der Waals surface area contributed by atoms with Crippen LogP contribution < -0.4 is 0 Å². The summed E-state index contributed by atoms with van der Waals surface area (Å²) in [7, 11) is 0. The molecule has 0 aliphatic rings. The first-order chi connectivity index (χ1) is 6.66. The number of hydrogen-bond donors (Lipinski definition) is 0. The normalized spacial score (nSPS) is 10.5. The summed E-state index contributed by atoms with van der Waals surface area (Å²) in [5.41, 5.74) is 1.84. The van der Waals surface area contributed by atoms with E-state index < -0.39 is 0 Å². The number of benzene rings is 1. The minimum Gasteiger partial charge on any atom is -0.227 e. The summed E-state index contributed by atoms with van der Waals surface area (Å²) < 4.78 is 15.5. The molecule has 0 amide bonds. The lowest BCUT2D eigenvalue weighted by atomic mass is 10.3. The standard InChI is InChI=1S/C10H8FIN2/c1-7-6-10(12)14(13-7)9-4-2-8(11)3-5-9/h2-6H,1H3. The molecule has 0 N–H and O–H groups in total. The predicted octanol–water partition coefficient (Wildman–Crippen LogP) is 2.92. The lowest BCUT2D eigenvalue weighted by Crippen LogP contribution is -1.98. The molecule has 0 aliphatic carbocycles. The van der Waals surface area contributed by atoms with E-state index in [1.54, 1.807) is 16.8 Å². The molecular weight excluding hydrogens is 294 g/mol. The van der Waals surface area contributed by atoms with Gasteiger partial charge in [0.25, 0.3) is 0 Å². The van der Waals surface area contributed by atoms with Crippen molar-refractivity contribution < 1.29 is 4.39 Å². The molecule has 0 bridgehead atoms. The van der Waals surface area contributed by atoms with Gasteiger partial charge >= 0.3 is 0 Å². The van der Waals surface area contributed by atoms with Crippen molar-refractivity contribution in [1.82, 2.24) is 9.78 Å². The number of halogens is 2. The van der Waals surface area contributed by atoms with Gasteiger partial charge in [-0.1, -0.05) is 0 Å². The monoisotopic (exact) mass is 302 g/mol. The van der Waals surface area contributed by atoms with E-state index in [9.17, 15) is 4.39 Å². The predicted molar refractivity (Wildman–Crippen MR) is 61.0 cm³/mol. The maximum absolute atomic E-state index is 12.7. The van der Waals surface area contributed by atoms with Crippen molar-refractivity contribution in [3.8, 4) is 5.69 Å². The van der Waals surface area contributed by atoms with E-state index >= 15 is 0 Å². The molecule has 0 spiro atoms. The summed E-state index contributed by atoms with van der Waals surface area (Å²) in [5, 5.41) is 4.30. The van der Waals surface area contributed by atoms with Crippen molar-refractivity contribution in [2.75, 3.05) is 0 Å². The van der Waals surface area contributed by atoms with Crippen LogP contribution in [0.4, 0.5) is 4.39 Å². The van der Waals surface area contributed by atoms with Gasteiger partial charge in [0.2, 0.25) is 0 Å². The maximum Gasteiger partial charge on any atom is 0.123 e. The highest BCUT2D eigenvalue weighted by Crippen LogP contribution is 2.14. The van der Waals surface area contributed by atoms with Crippen molar-refractivity contribution in [2.24, 2.45) is 0 Å². The van der Waals surface area contributed by atoms with Crippen molar-refractivity contribution in [1.29, 1.82) is 0 Å². The van der Waals surface area contributed by atoms with Gasteiger partial charge in [-0.05, 0) is 59.8 Å². The molecular formula is C10H8FIN2. The molecule has 14 heavy (non-hydrogen) atoms. The van der Waals surface area contributed by atoms with Gasteiger partial charge in [0.05, 0.1) is 11.4 Å². The molecule has 1 aromatic carbocycles. The minimum atomic E-state index is -0.229. The zero-order valence-corrected chi connectivity index (χ0v) is 9.69. The maximum atomic E-state index is 12.7. The Labute approximate surface area is 94.9 Å². The first kappa shape index (κ1) is 9.64. The molecule has 1 heterocycles. The molecule has 2 nitrogen and oxygen atoms in total. The van der Waals surface area contributed by atoms with Crippen molar-refractivity contribution in [3.63, 3.8) is 0 Å². The molecule has 0 atom stereocenters. The third-order valence-corrected chi connectivity index (χ3v) is 2.63. The van der Waals surface area contributed by atoms with Crippen LogP contribution in [0.2, 0.25) is 0 Å². The quantitative estimate of drug-likeness (QED) is 0.741. The second kappa shape index (κ2) is 3.68. The molecule has 2 aromatic rings. The third-order valence-electron chi connectivity index (χ3n) is 1.86. The average Bonchev–Trinajstić information content (AvgIpc) is 2.47. The van der Waals surface area contributed by atoms with Crippen LogP contribution in [0.5, 0.6) is 0 Å². The average molecular weight is 302 g/mol. The van der Waals surface area contributed by atoms with Gasteiger partial charge in [-0.2, -0.15) is 5.10 Å². The van der Waals surface area contributed by atoms with Crippen LogP contribution in [0, 0.1) is 16.4 Å². The zero-order chi connectivity index (χ0) is 10.1. The molecule has 0 saturated heterocycles. The lowest BCUT2D eigenvalue weighted by Gasteiger charge is -2.02. The summed E-state index contributed by atoms with van der Waals surface area (Å²) >= 11 is 2.20. The van der Waals surface area contributed by atoms with Gasteiger partial charge in [-0.15, -0.1) is 0 Å². The van der Waals surface area contributed by atoms with E-state index in [1.165, 1.54) is 12.1 Å². The van der Waals surface area contributed by atoms with Gasteiger partial charge in [-0.3, -0.25) is 0 Å². The Kier molecular flexibility index (Phi) is 2.54. The number of rotatable bonds is 1. The molecule has 1 aromatic heterocycles. The Morgan fingerprint density at radius 2 is 1.93 bits per heavy atom. The Hall–Kier alpha value is -0.910. The fourth-order valence-electron chi connectivity index (χ4n) is 1.23. The third kappa shape index (κ3) is 1.79. The van der Waals surface area contributed by atoms with E-state index in [0.717, 1.165) is 15.1 Å². The first-order valence-electron chi connectivity index (χ1n) is 4.15. The van der Waals surface area contributed by atoms with Gasteiger partial charge in [0.1, 0.15) is 9.52 Å². The summed E-state index contributed by atoms with van der Waals surface area (Å²) in [6.45, 7) is 1.93. The first-order valence-corrected chi connectivity index (χ1v) is 5.23. The number of aromatic nitrogens is 2. The molecule has 0 saturated carbocycles.